The summed E-state index contributed by atoms with van der Waals surface area (Å²) in [6, 6.07) is 15.5. The minimum Gasteiger partial charge on any atom is -0.326 e. The molecule has 0 fully saturated rings. The number of aryl methyl sites for hydroxylation is 2. The molecule has 0 spiro atoms. The molecule has 1 aliphatic carbocycles. The molecule has 0 aromatic heterocycles. The predicted molar refractivity (Wildman–Crippen MR) is 81.5 cm³/mol. The van der Waals surface area contributed by atoms with Crippen molar-refractivity contribution in [3.8, 4) is 0 Å². The lowest BCUT2D eigenvalue weighted by molar-refractivity contribution is 0.683. The zero-order valence-electron chi connectivity index (χ0n) is 11.1. The molecule has 0 saturated heterocycles. The molecular weight excluding hydrogens is 250 g/mol. The van der Waals surface area contributed by atoms with Crippen LogP contribution in [0.5, 0.6) is 0 Å². The maximum atomic E-state index is 5.62. The Hall–Kier alpha value is -1.25. The van der Waals surface area contributed by atoms with E-state index in [4.69, 9.17) is 5.73 Å². The lowest BCUT2D eigenvalue weighted by Gasteiger charge is -2.16. The molecule has 1 aliphatic rings. The van der Waals surface area contributed by atoms with E-state index < -0.39 is 0 Å². The van der Waals surface area contributed by atoms with Gasteiger partial charge in [0.15, 0.2) is 0 Å². The number of fused-ring (bicyclic) bond motifs is 1. The number of hydrogen-bond donors (Lipinski definition) is 1. The van der Waals surface area contributed by atoms with Crippen LogP contribution in [0.15, 0.2) is 52.3 Å². The Bertz CT molecular complexity index is 560. The highest BCUT2D eigenvalue weighted by molar-refractivity contribution is 7.99. The fraction of sp³-hybridized carbons (Fsp3) is 0.294. The van der Waals surface area contributed by atoms with E-state index >= 15 is 0 Å². The highest BCUT2D eigenvalue weighted by Gasteiger charge is 2.09. The van der Waals surface area contributed by atoms with Crippen LogP contribution in [0.3, 0.4) is 0 Å². The van der Waals surface area contributed by atoms with Crippen molar-refractivity contribution in [3.05, 3.63) is 59.2 Å². The van der Waals surface area contributed by atoms with Gasteiger partial charge in [-0.2, -0.15) is 0 Å². The monoisotopic (exact) mass is 269 g/mol. The molecule has 0 amide bonds. The van der Waals surface area contributed by atoms with Gasteiger partial charge in [-0.3, -0.25) is 0 Å². The highest BCUT2D eigenvalue weighted by atomic mass is 32.2. The van der Waals surface area contributed by atoms with Gasteiger partial charge in [0.25, 0.3) is 0 Å². The molecule has 0 saturated carbocycles. The van der Waals surface area contributed by atoms with Gasteiger partial charge in [0, 0.05) is 16.3 Å². The van der Waals surface area contributed by atoms with Gasteiger partial charge < -0.3 is 5.73 Å². The van der Waals surface area contributed by atoms with Gasteiger partial charge in [0.2, 0.25) is 0 Å². The van der Waals surface area contributed by atoms with Crippen LogP contribution in [0, 0.1) is 0 Å². The van der Waals surface area contributed by atoms with Gasteiger partial charge in [0.1, 0.15) is 0 Å². The highest BCUT2D eigenvalue weighted by Crippen LogP contribution is 2.31. The number of rotatable bonds is 3. The molecule has 3 rings (SSSR count). The van der Waals surface area contributed by atoms with Crippen LogP contribution in [0.1, 0.15) is 29.5 Å². The second-order valence-electron chi connectivity index (χ2n) is 5.09. The first-order chi connectivity index (χ1) is 9.35. The summed E-state index contributed by atoms with van der Waals surface area (Å²) in [6.45, 7) is 0.615. The molecule has 0 aliphatic heterocycles. The van der Waals surface area contributed by atoms with Crippen LogP contribution in [0.2, 0.25) is 0 Å². The Morgan fingerprint density at radius 1 is 0.842 bits per heavy atom. The Labute approximate surface area is 119 Å². The van der Waals surface area contributed by atoms with Crippen LogP contribution in [0.25, 0.3) is 0 Å². The Morgan fingerprint density at radius 2 is 1.53 bits per heavy atom. The fourth-order valence-corrected chi connectivity index (χ4v) is 3.48. The van der Waals surface area contributed by atoms with E-state index in [-0.39, 0.29) is 0 Å². The molecule has 0 heterocycles. The Kier molecular flexibility index (Phi) is 3.90. The largest absolute Gasteiger partial charge is 0.326 e. The van der Waals surface area contributed by atoms with E-state index in [1.54, 1.807) is 11.1 Å². The molecular formula is C17H19NS. The Balaban J connectivity index is 1.78. The van der Waals surface area contributed by atoms with E-state index in [0.29, 0.717) is 6.54 Å². The molecule has 0 unspecified atom stereocenters. The first kappa shape index (κ1) is 12.8. The molecule has 2 aromatic carbocycles. The van der Waals surface area contributed by atoms with E-state index in [9.17, 15) is 0 Å². The lowest BCUT2D eigenvalue weighted by atomic mass is 9.92. The van der Waals surface area contributed by atoms with Crippen LogP contribution in [-0.4, -0.2) is 0 Å². The van der Waals surface area contributed by atoms with Gasteiger partial charge in [0.05, 0.1) is 0 Å². The predicted octanol–water partition coefficient (Wildman–Crippen LogP) is 4.18. The third-order valence-corrected chi connectivity index (χ3v) is 4.71. The summed E-state index contributed by atoms with van der Waals surface area (Å²) in [5, 5.41) is 0. The molecule has 19 heavy (non-hydrogen) atoms. The van der Waals surface area contributed by atoms with Crippen molar-refractivity contribution in [2.45, 2.75) is 42.0 Å². The quantitative estimate of drug-likeness (QED) is 0.904. The second-order valence-corrected chi connectivity index (χ2v) is 6.23. The van der Waals surface area contributed by atoms with Crippen LogP contribution in [0.4, 0.5) is 0 Å². The van der Waals surface area contributed by atoms with Gasteiger partial charge in [-0.15, -0.1) is 0 Å². The van der Waals surface area contributed by atoms with Gasteiger partial charge in [-0.05, 0) is 66.6 Å². The number of hydrogen-bond acceptors (Lipinski definition) is 2. The second kappa shape index (κ2) is 5.81. The first-order valence-corrected chi connectivity index (χ1v) is 7.75. The summed E-state index contributed by atoms with van der Waals surface area (Å²) in [4.78, 5) is 2.63. The first-order valence-electron chi connectivity index (χ1n) is 6.94. The Morgan fingerprint density at radius 3 is 2.26 bits per heavy atom. The average Bonchev–Trinajstić information content (AvgIpc) is 2.48. The summed E-state index contributed by atoms with van der Waals surface area (Å²) < 4.78 is 0. The zero-order valence-corrected chi connectivity index (χ0v) is 11.9. The number of benzene rings is 2. The van der Waals surface area contributed by atoms with Crippen molar-refractivity contribution < 1.29 is 0 Å². The minimum absolute atomic E-state index is 0.615. The van der Waals surface area contributed by atoms with Gasteiger partial charge >= 0.3 is 0 Å². The summed E-state index contributed by atoms with van der Waals surface area (Å²) in [5.74, 6) is 0. The van der Waals surface area contributed by atoms with Crippen LogP contribution < -0.4 is 5.73 Å². The smallest absolute Gasteiger partial charge is 0.0178 e. The maximum Gasteiger partial charge on any atom is 0.0178 e. The van der Waals surface area contributed by atoms with E-state index in [1.807, 2.05) is 11.8 Å². The van der Waals surface area contributed by atoms with E-state index in [1.165, 1.54) is 41.0 Å². The summed E-state index contributed by atoms with van der Waals surface area (Å²) in [5.41, 5.74) is 9.91. The van der Waals surface area contributed by atoms with Crippen molar-refractivity contribution in [2.24, 2.45) is 5.73 Å². The number of nitrogens with two attached hydrogens (primary N) is 1. The molecule has 2 aromatic rings. The van der Waals surface area contributed by atoms with E-state index in [0.717, 1.165) is 0 Å². The fourth-order valence-electron chi connectivity index (χ4n) is 2.60. The van der Waals surface area contributed by atoms with Crippen LogP contribution in [-0.2, 0) is 19.4 Å². The topological polar surface area (TPSA) is 26.0 Å². The molecule has 0 radical (unpaired) electrons. The van der Waals surface area contributed by atoms with Crippen molar-refractivity contribution in [1.29, 1.82) is 0 Å². The lowest BCUT2D eigenvalue weighted by Crippen LogP contribution is -2.01. The zero-order chi connectivity index (χ0) is 13.1. The maximum absolute atomic E-state index is 5.62. The van der Waals surface area contributed by atoms with Crippen molar-refractivity contribution >= 4 is 11.8 Å². The molecule has 2 heteroatoms. The average molecular weight is 269 g/mol. The summed E-state index contributed by atoms with van der Waals surface area (Å²) in [6.07, 6.45) is 5.19. The van der Waals surface area contributed by atoms with Crippen molar-refractivity contribution in [2.75, 3.05) is 0 Å². The van der Waals surface area contributed by atoms with Gasteiger partial charge in [-0.1, -0.05) is 30.0 Å². The molecule has 2 N–H and O–H groups in total. The van der Waals surface area contributed by atoms with E-state index in [2.05, 4.69) is 42.5 Å². The molecule has 1 nitrogen and oxygen atoms in total. The van der Waals surface area contributed by atoms with Crippen molar-refractivity contribution in [3.63, 3.8) is 0 Å². The minimum atomic E-state index is 0.615. The third kappa shape index (κ3) is 3.02. The SMILES string of the molecule is NCc1ccc(Sc2ccc3c(c2)CCCC3)cc1. The third-order valence-electron chi connectivity index (χ3n) is 3.71. The standard InChI is InChI=1S/C17H19NS/c18-12-13-5-8-16(9-6-13)19-17-10-7-14-3-1-2-4-15(14)11-17/h5-11H,1-4,12,18H2. The van der Waals surface area contributed by atoms with Crippen LogP contribution >= 0.6 is 11.8 Å². The molecule has 98 valence electrons. The summed E-state index contributed by atoms with van der Waals surface area (Å²) >= 11 is 1.84. The normalized spacial score (nSPS) is 14.2. The molecule has 0 atom stereocenters. The molecule has 0 bridgehead atoms. The van der Waals surface area contributed by atoms with Gasteiger partial charge in [-0.25, -0.2) is 0 Å². The summed E-state index contributed by atoms with van der Waals surface area (Å²) in [7, 11) is 0. The van der Waals surface area contributed by atoms with Crippen molar-refractivity contribution in [1.82, 2.24) is 0 Å².